The van der Waals surface area contributed by atoms with E-state index in [2.05, 4.69) is 5.32 Å². The van der Waals surface area contributed by atoms with Crippen LogP contribution in [0, 0.1) is 0 Å². The van der Waals surface area contributed by atoms with Gasteiger partial charge in [-0.3, -0.25) is 4.79 Å². The van der Waals surface area contributed by atoms with Gasteiger partial charge < -0.3 is 15.3 Å². The van der Waals surface area contributed by atoms with E-state index in [-0.39, 0.29) is 11.9 Å². The van der Waals surface area contributed by atoms with Crippen LogP contribution in [-0.2, 0) is 4.79 Å². The van der Waals surface area contributed by atoms with Crippen molar-refractivity contribution in [3.63, 3.8) is 0 Å². The lowest BCUT2D eigenvalue weighted by molar-refractivity contribution is -0.130. The fourth-order valence-corrected chi connectivity index (χ4v) is 2.03. The minimum atomic E-state index is -0.582. The summed E-state index contributed by atoms with van der Waals surface area (Å²) in [5, 5.41) is 13.2. The number of nitrogens with zero attached hydrogens (tertiary/aromatic N) is 1. The highest BCUT2D eigenvalue weighted by atomic mass is 16.3. The van der Waals surface area contributed by atoms with Crippen LogP contribution in [0.2, 0.25) is 0 Å². The Morgan fingerprint density at radius 3 is 2.47 bits per heavy atom. The number of likely N-dealkylation sites (N-methyl/N-ethyl adjacent to an activating group) is 1. The predicted octanol–water partition coefficient (Wildman–Crippen LogP) is 0.358. The van der Waals surface area contributed by atoms with Crippen LogP contribution in [0.3, 0.4) is 0 Å². The first-order valence-corrected chi connectivity index (χ1v) is 5.61. The molecular formula is C11H22N2O2. The molecule has 0 spiro atoms. The molecule has 0 saturated heterocycles. The summed E-state index contributed by atoms with van der Waals surface area (Å²) in [4.78, 5) is 13.1. The van der Waals surface area contributed by atoms with Crippen molar-refractivity contribution in [1.82, 2.24) is 10.2 Å². The second kappa shape index (κ2) is 4.94. The Kier molecular flexibility index (Phi) is 4.11. The predicted molar refractivity (Wildman–Crippen MR) is 59.6 cm³/mol. The van der Waals surface area contributed by atoms with Crippen LogP contribution in [0.15, 0.2) is 0 Å². The zero-order valence-corrected chi connectivity index (χ0v) is 9.92. The van der Waals surface area contributed by atoms with Crippen molar-refractivity contribution in [1.29, 1.82) is 0 Å². The number of amides is 1. The smallest absolute Gasteiger partial charge is 0.238 e. The molecule has 0 heterocycles. The second-order valence-electron chi connectivity index (χ2n) is 4.77. The Morgan fingerprint density at radius 2 is 2.00 bits per heavy atom. The highest BCUT2D eigenvalue weighted by molar-refractivity contribution is 5.80. The summed E-state index contributed by atoms with van der Waals surface area (Å²) in [5.74, 6) is 0.0524. The van der Waals surface area contributed by atoms with Gasteiger partial charge in [-0.1, -0.05) is 12.8 Å². The van der Waals surface area contributed by atoms with E-state index in [0.717, 1.165) is 25.7 Å². The third kappa shape index (κ3) is 3.47. The largest absolute Gasteiger partial charge is 0.389 e. The standard InChI is InChI=1S/C11H22N2O2/c1-9(10(14)13(2)3)12-8-11(15)6-4-5-7-11/h9,12,15H,4-8H2,1-3H3. The highest BCUT2D eigenvalue weighted by Crippen LogP contribution is 2.28. The van der Waals surface area contributed by atoms with Gasteiger partial charge in [-0.05, 0) is 19.8 Å². The minimum Gasteiger partial charge on any atom is -0.389 e. The van der Waals surface area contributed by atoms with E-state index in [1.165, 1.54) is 0 Å². The third-order valence-electron chi connectivity index (χ3n) is 3.08. The van der Waals surface area contributed by atoms with E-state index >= 15 is 0 Å². The van der Waals surface area contributed by atoms with E-state index in [1.807, 2.05) is 6.92 Å². The fraction of sp³-hybridized carbons (Fsp3) is 0.909. The van der Waals surface area contributed by atoms with Gasteiger partial charge in [0.25, 0.3) is 0 Å². The van der Waals surface area contributed by atoms with Crippen LogP contribution in [0.5, 0.6) is 0 Å². The zero-order valence-electron chi connectivity index (χ0n) is 9.92. The maximum Gasteiger partial charge on any atom is 0.238 e. The number of hydrogen-bond donors (Lipinski definition) is 2. The Morgan fingerprint density at radius 1 is 1.47 bits per heavy atom. The van der Waals surface area contributed by atoms with Crippen LogP contribution in [-0.4, -0.2) is 48.2 Å². The maximum absolute atomic E-state index is 11.5. The Hall–Kier alpha value is -0.610. The van der Waals surface area contributed by atoms with Crippen LogP contribution in [0.4, 0.5) is 0 Å². The summed E-state index contributed by atoms with van der Waals surface area (Å²) in [6.45, 7) is 2.36. The average Bonchev–Trinajstić information content (AvgIpc) is 2.61. The van der Waals surface area contributed by atoms with Gasteiger partial charge in [-0.25, -0.2) is 0 Å². The van der Waals surface area contributed by atoms with Crippen LogP contribution >= 0.6 is 0 Å². The van der Waals surface area contributed by atoms with Crippen molar-refractivity contribution < 1.29 is 9.90 Å². The van der Waals surface area contributed by atoms with Gasteiger partial charge in [0.05, 0.1) is 11.6 Å². The van der Waals surface area contributed by atoms with Crippen LogP contribution in [0.1, 0.15) is 32.6 Å². The molecule has 1 aliphatic carbocycles. The number of carbonyl (C=O) groups is 1. The molecule has 15 heavy (non-hydrogen) atoms. The van der Waals surface area contributed by atoms with Gasteiger partial charge in [0.15, 0.2) is 0 Å². The van der Waals surface area contributed by atoms with Gasteiger partial charge in [0.1, 0.15) is 0 Å². The minimum absolute atomic E-state index is 0.0524. The summed E-state index contributed by atoms with van der Waals surface area (Å²) in [5.41, 5.74) is -0.582. The van der Waals surface area contributed by atoms with Gasteiger partial charge in [-0.2, -0.15) is 0 Å². The summed E-state index contributed by atoms with van der Waals surface area (Å²) in [6, 6.07) is -0.218. The molecule has 4 nitrogen and oxygen atoms in total. The lowest BCUT2D eigenvalue weighted by Gasteiger charge is -2.25. The molecule has 1 rings (SSSR count). The maximum atomic E-state index is 11.5. The number of nitrogens with one attached hydrogen (secondary N) is 1. The van der Waals surface area contributed by atoms with Crippen LogP contribution < -0.4 is 5.32 Å². The Bertz CT molecular complexity index is 223. The first-order valence-electron chi connectivity index (χ1n) is 5.61. The first kappa shape index (κ1) is 12.5. The molecule has 88 valence electrons. The van der Waals surface area contributed by atoms with Gasteiger partial charge in [0.2, 0.25) is 5.91 Å². The molecule has 1 amide bonds. The lowest BCUT2D eigenvalue weighted by atomic mass is 10.0. The quantitative estimate of drug-likeness (QED) is 0.710. The molecule has 1 fully saturated rings. The second-order valence-corrected chi connectivity index (χ2v) is 4.77. The average molecular weight is 214 g/mol. The fourth-order valence-electron chi connectivity index (χ4n) is 2.03. The topological polar surface area (TPSA) is 52.6 Å². The summed E-state index contributed by atoms with van der Waals surface area (Å²) < 4.78 is 0. The molecule has 1 unspecified atom stereocenters. The summed E-state index contributed by atoms with van der Waals surface area (Å²) in [7, 11) is 3.48. The number of hydrogen-bond acceptors (Lipinski definition) is 3. The highest BCUT2D eigenvalue weighted by Gasteiger charge is 2.31. The van der Waals surface area contributed by atoms with E-state index in [0.29, 0.717) is 6.54 Å². The van der Waals surface area contributed by atoms with Gasteiger partial charge in [0, 0.05) is 20.6 Å². The normalized spacial score (nSPS) is 21.3. The molecule has 0 aromatic heterocycles. The van der Waals surface area contributed by atoms with Crippen molar-refractivity contribution in [2.75, 3.05) is 20.6 Å². The first-order chi connectivity index (χ1) is 6.94. The number of carbonyl (C=O) groups excluding carboxylic acids is 1. The molecule has 1 atom stereocenters. The van der Waals surface area contributed by atoms with Crippen molar-refractivity contribution in [3.8, 4) is 0 Å². The van der Waals surface area contributed by atoms with Gasteiger partial charge >= 0.3 is 0 Å². The zero-order chi connectivity index (χ0) is 11.5. The van der Waals surface area contributed by atoms with Crippen LogP contribution in [0.25, 0.3) is 0 Å². The molecule has 1 saturated carbocycles. The van der Waals surface area contributed by atoms with Crippen molar-refractivity contribution in [2.45, 2.75) is 44.2 Å². The molecular weight excluding hydrogens is 192 g/mol. The van der Waals surface area contributed by atoms with E-state index in [4.69, 9.17) is 0 Å². The van der Waals surface area contributed by atoms with Gasteiger partial charge in [-0.15, -0.1) is 0 Å². The summed E-state index contributed by atoms with van der Waals surface area (Å²) >= 11 is 0. The molecule has 0 bridgehead atoms. The number of aliphatic hydroxyl groups is 1. The Balaban J connectivity index is 2.33. The Labute approximate surface area is 91.6 Å². The molecule has 0 aromatic rings. The number of rotatable bonds is 4. The molecule has 0 radical (unpaired) electrons. The molecule has 2 N–H and O–H groups in total. The van der Waals surface area contributed by atoms with E-state index in [9.17, 15) is 9.90 Å². The molecule has 0 aromatic carbocycles. The SMILES string of the molecule is CC(NCC1(O)CCCC1)C(=O)N(C)C. The summed E-state index contributed by atoms with van der Waals surface area (Å²) in [6.07, 6.45) is 3.88. The van der Waals surface area contributed by atoms with E-state index < -0.39 is 5.60 Å². The molecule has 0 aliphatic heterocycles. The van der Waals surface area contributed by atoms with Crippen molar-refractivity contribution in [2.24, 2.45) is 0 Å². The van der Waals surface area contributed by atoms with Crippen molar-refractivity contribution in [3.05, 3.63) is 0 Å². The lowest BCUT2D eigenvalue weighted by Crippen LogP contribution is -2.47. The van der Waals surface area contributed by atoms with E-state index in [1.54, 1.807) is 19.0 Å². The monoisotopic (exact) mass is 214 g/mol. The third-order valence-corrected chi connectivity index (χ3v) is 3.08. The van der Waals surface area contributed by atoms with Crippen molar-refractivity contribution >= 4 is 5.91 Å². The molecule has 1 aliphatic rings. The molecule has 4 heteroatoms.